The first-order valence-electron chi connectivity index (χ1n) is 12.4. The van der Waals surface area contributed by atoms with Gasteiger partial charge in [-0.05, 0) is 62.8 Å². The van der Waals surface area contributed by atoms with E-state index in [2.05, 4.69) is 32.7 Å². The molecule has 0 fully saturated rings. The topological polar surface area (TPSA) is 122 Å². The Morgan fingerprint density at radius 3 is 2.89 bits per heavy atom. The minimum absolute atomic E-state index is 0.00385. The maximum atomic E-state index is 14.4. The van der Waals surface area contributed by atoms with Gasteiger partial charge in [0.1, 0.15) is 23.8 Å². The molecule has 3 heterocycles. The minimum atomic E-state index is -1.15. The lowest BCUT2D eigenvalue weighted by molar-refractivity contribution is -0.138. The first-order chi connectivity index (χ1) is 17.5. The molecule has 0 radical (unpaired) electrons. The summed E-state index contributed by atoms with van der Waals surface area (Å²) in [7, 11) is 2.91. The van der Waals surface area contributed by atoms with Crippen LogP contribution in [0.4, 0.5) is 16.0 Å². The zero-order valence-electron chi connectivity index (χ0n) is 21.1. The zero-order chi connectivity index (χ0) is 25.8. The summed E-state index contributed by atoms with van der Waals surface area (Å²) in [6.07, 6.45) is 5.41. The van der Waals surface area contributed by atoms with E-state index in [-0.39, 0.29) is 25.6 Å². The number of carbonyl (C=O) groups is 1. The first-order valence-corrected chi connectivity index (χ1v) is 12.4. The van der Waals surface area contributed by atoms with Crippen LogP contribution in [0.25, 0.3) is 0 Å². The second-order valence-electron chi connectivity index (χ2n) is 8.90. The summed E-state index contributed by atoms with van der Waals surface area (Å²) in [5, 5.41) is 16.0. The number of rotatable bonds is 16. The van der Waals surface area contributed by atoms with Crippen LogP contribution in [0, 0.1) is 0 Å². The van der Waals surface area contributed by atoms with Crippen LogP contribution in [-0.2, 0) is 22.4 Å². The highest BCUT2D eigenvalue weighted by molar-refractivity contribution is 5.76. The maximum absolute atomic E-state index is 14.4. The Morgan fingerprint density at radius 2 is 2.11 bits per heavy atom. The molecule has 0 aromatic carbocycles. The van der Waals surface area contributed by atoms with Crippen LogP contribution in [0.1, 0.15) is 36.9 Å². The van der Waals surface area contributed by atoms with Gasteiger partial charge in [0.2, 0.25) is 0 Å². The van der Waals surface area contributed by atoms with Gasteiger partial charge in [0.15, 0.2) is 0 Å². The number of carboxylic acid groups (broad SMARTS) is 1. The molecule has 0 saturated heterocycles. The molecule has 1 unspecified atom stereocenters. The Balaban J connectivity index is 1.52. The van der Waals surface area contributed by atoms with Crippen molar-refractivity contribution in [2.24, 2.45) is 0 Å². The number of nitrogens with one attached hydrogen (secondary N) is 2. The highest BCUT2D eigenvalue weighted by atomic mass is 19.1. The van der Waals surface area contributed by atoms with E-state index in [0.717, 1.165) is 50.2 Å². The molecule has 2 aromatic heterocycles. The lowest BCUT2D eigenvalue weighted by Gasteiger charge is -2.26. The zero-order valence-corrected chi connectivity index (χ0v) is 21.1. The van der Waals surface area contributed by atoms with E-state index >= 15 is 0 Å². The molecule has 0 spiro atoms. The van der Waals surface area contributed by atoms with E-state index in [4.69, 9.17) is 14.5 Å². The number of aromatic nitrogens is 3. The molecule has 2 aromatic rings. The van der Waals surface area contributed by atoms with Crippen LogP contribution in [0.5, 0.6) is 6.01 Å². The number of hydrogen-bond acceptors (Lipinski definition) is 9. The Bertz CT molecular complexity index is 966. The number of anilines is 2. The molecule has 36 heavy (non-hydrogen) atoms. The maximum Gasteiger partial charge on any atom is 0.326 e. The number of halogens is 1. The number of methoxy groups -OCH3 is 2. The van der Waals surface area contributed by atoms with Crippen molar-refractivity contribution in [3.63, 3.8) is 0 Å². The minimum Gasteiger partial charge on any atom is -0.480 e. The number of fused-ring (bicyclic) bond motifs is 1. The standard InChI is InChI=1S/C25H37FN6O4/c1-35-17-19(26)16-32(14-4-3-7-20-9-8-18-6-5-12-27-23(18)29-20)15-11-21(24(33)34)30-22-10-13-28-25(31-22)36-2/h8-10,13,19,21H,3-7,11-12,14-17H2,1-2H3,(H,27,29)(H,33,34)(H,28,30,31)/t19-,21?/m0/s1. The fourth-order valence-corrected chi connectivity index (χ4v) is 4.22. The third-order valence-corrected chi connectivity index (χ3v) is 6.08. The Morgan fingerprint density at radius 1 is 1.25 bits per heavy atom. The van der Waals surface area contributed by atoms with Crippen LogP contribution < -0.4 is 15.4 Å². The van der Waals surface area contributed by atoms with Crippen molar-refractivity contribution in [1.29, 1.82) is 0 Å². The van der Waals surface area contributed by atoms with Gasteiger partial charge in [0.05, 0.1) is 13.7 Å². The van der Waals surface area contributed by atoms with Gasteiger partial charge in [0, 0.05) is 38.6 Å². The molecule has 11 heteroatoms. The van der Waals surface area contributed by atoms with Crippen LogP contribution in [0.3, 0.4) is 0 Å². The molecule has 198 valence electrons. The summed E-state index contributed by atoms with van der Waals surface area (Å²) < 4.78 is 24.3. The van der Waals surface area contributed by atoms with Gasteiger partial charge in [-0.3, -0.25) is 0 Å². The first kappa shape index (κ1) is 27.5. The summed E-state index contributed by atoms with van der Waals surface area (Å²) in [6, 6.07) is 5.08. The molecule has 0 bridgehead atoms. The fraction of sp³-hybridized carbons (Fsp3) is 0.600. The van der Waals surface area contributed by atoms with Crippen LogP contribution in [-0.4, -0.2) is 90.1 Å². The Labute approximate surface area is 211 Å². The number of aliphatic carboxylic acids is 1. The van der Waals surface area contributed by atoms with Crippen molar-refractivity contribution in [2.45, 2.75) is 50.7 Å². The largest absolute Gasteiger partial charge is 0.480 e. The molecule has 0 amide bonds. The summed E-state index contributed by atoms with van der Waals surface area (Å²) in [6.45, 7) is 2.21. The molecule has 2 atom stereocenters. The highest BCUT2D eigenvalue weighted by Crippen LogP contribution is 2.20. The van der Waals surface area contributed by atoms with Crippen molar-refractivity contribution in [3.8, 4) is 6.01 Å². The molecular formula is C25H37FN6O4. The molecule has 0 aliphatic carbocycles. The van der Waals surface area contributed by atoms with Gasteiger partial charge in [-0.15, -0.1) is 0 Å². The lowest BCUT2D eigenvalue weighted by atomic mass is 10.1. The number of alkyl halides is 1. The number of carboxylic acids is 1. The molecule has 0 saturated carbocycles. The summed E-state index contributed by atoms with van der Waals surface area (Å²) >= 11 is 0. The third-order valence-electron chi connectivity index (χ3n) is 6.08. The predicted octanol–water partition coefficient (Wildman–Crippen LogP) is 2.80. The SMILES string of the molecule is COC[C@@H](F)CN(CCCCc1ccc2c(n1)NCCC2)CCC(Nc1ccnc(OC)n1)C(=O)O. The van der Waals surface area contributed by atoms with Crippen molar-refractivity contribution in [3.05, 3.63) is 35.7 Å². The number of nitrogens with zero attached hydrogens (tertiary/aromatic N) is 4. The van der Waals surface area contributed by atoms with E-state index in [1.54, 1.807) is 6.07 Å². The number of ether oxygens (including phenoxy) is 2. The number of pyridine rings is 1. The van der Waals surface area contributed by atoms with Gasteiger partial charge in [-0.2, -0.15) is 4.98 Å². The van der Waals surface area contributed by atoms with E-state index in [0.29, 0.717) is 18.9 Å². The summed E-state index contributed by atoms with van der Waals surface area (Å²) in [5.41, 5.74) is 2.32. The van der Waals surface area contributed by atoms with E-state index in [1.165, 1.54) is 26.0 Å². The quantitative estimate of drug-likeness (QED) is 0.294. The van der Waals surface area contributed by atoms with Crippen molar-refractivity contribution in [2.75, 3.05) is 57.6 Å². The van der Waals surface area contributed by atoms with Gasteiger partial charge in [-0.1, -0.05) is 6.07 Å². The molecule has 3 N–H and O–H groups in total. The monoisotopic (exact) mass is 504 g/mol. The molecular weight excluding hydrogens is 467 g/mol. The van der Waals surface area contributed by atoms with E-state index in [9.17, 15) is 14.3 Å². The highest BCUT2D eigenvalue weighted by Gasteiger charge is 2.21. The van der Waals surface area contributed by atoms with Gasteiger partial charge in [0.25, 0.3) is 0 Å². The molecule has 1 aliphatic rings. The normalized spacial score (nSPS) is 14.6. The summed E-state index contributed by atoms with van der Waals surface area (Å²) in [5.74, 6) is 0.345. The van der Waals surface area contributed by atoms with E-state index < -0.39 is 18.2 Å². The number of aryl methyl sites for hydroxylation is 2. The van der Waals surface area contributed by atoms with Gasteiger partial charge >= 0.3 is 12.0 Å². The number of unbranched alkanes of at least 4 members (excludes halogenated alkanes) is 1. The Hall–Kier alpha value is -3.05. The van der Waals surface area contributed by atoms with Crippen LogP contribution in [0.2, 0.25) is 0 Å². The van der Waals surface area contributed by atoms with Crippen LogP contribution >= 0.6 is 0 Å². The second kappa shape index (κ2) is 14.5. The average Bonchev–Trinajstić information content (AvgIpc) is 2.88. The third kappa shape index (κ3) is 8.87. The molecule has 1 aliphatic heterocycles. The Kier molecular flexibility index (Phi) is 11.1. The molecule has 10 nitrogen and oxygen atoms in total. The van der Waals surface area contributed by atoms with Crippen LogP contribution in [0.15, 0.2) is 24.4 Å². The smallest absolute Gasteiger partial charge is 0.326 e. The molecule has 3 rings (SSSR count). The second-order valence-corrected chi connectivity index (χ2v) is 8.90. The average molecular weight is 505 g/mol. The van der Waals surface area contributed by atoms with Crippen molar-refractivity contribution in [1.82, 2.24) is 19.9 Å². The van der Waals surface area contributed by atoms with Crippen molar-refractivity contribution < 1.29 is 23.8 Å². The van der Waals surface area contributed by atoms with Gasteiger partial charge < -0.3 is 30.1 Å². The van der Waals surface area contributed by atoms with Gasteiger partial charge in [-0.25, -0.2) is 19.2 Å². The fourth-order valence-electron chi connectivity index (χ4n) is 4.22. The predicted molar refractivity (Wildman–Crippen MR) is 135 cm³/mol. The van der Waals surface area contributed by atoms with Crippen molar-refractivity contribution >= 4 is 17.6 Å². The summed E-state index contributed by atoms with van der Waals surface area (Å²) in [4.78, 5) is 26.6. The van der Waals surface area contributed by atoms with E-state index in [1.807, 2.05) is 4.90 Å². The lowest BCUT2D eigenvalue weighted by Crippen LogP contribution is -2.38. The number of hydrogen-bond donors (Lipinski definition) is 3.